The summed E-state index contributed by atoms with van der Waals surface area (Å²) in [5.41, 5.74) is 1.97. The molecule has 0 radical (unpaired) electrons. The Hall–Kier alpha value is -3.47. The molecule has 2 N–H and O–H groups in total. The highest BCUT2D eigenvalue weighted by Crippen LogP contribution is 2.31. The van der Waals surface area contributed by atoms with Gasteiger partial charge in [0.15, 0.2) is 5.69 Å². The summed E-state index contributed by atoms with van der Waals surface area (Å²) < 4.78 is 1.36. The first-order chi connectivity index (χ1) is 12.3. The molecule has 2 aromatic heterocycles. The van der Waals surface area contributed by atoms with Gasteiger partial charge in [-0.2, -0.15) is 10.4 Å². The van der Waals surface area contributed by atoms with Crippen molar-refractivity contribution in [3.63, 3.8) is 0 Å². The molecule has 8 nitrogen and oxygen atoms in total. The summed E-state index contributed by atoms with van der Waals surface area (Å²) in [6.45, 7) is 5.92. The van der Waals surface area contributed by atoms with Gasteiger partial charge in [-0.3, -0.25) is 19.7 Å². The molecule has 0 aliphatic carbocycles. The third kappa shape index (κ3) is 3.07. The zero-order valence-corrected chi connectivity index (χ0v) is 15.0. The molecule has 0 spiro atoms. The first-order valence-corrected chi connectivity index (χ1v) is 8.08. The summed E-state index contributed by atoms with van der Waals surface area (Å²) in [5, 5.41) is 27.6. The first kappa shape index (κ1) is 17.4. The normalized spacial score (nSPS) is 11.8. The van der Waals surface area contributed by atoms with Gasteiger partial charge in [0, 0.05) is 18.0 Å². The van der Waals surface area contributed by atoms with Crippen LogP contribution in [0.1, 0.15) is 32.0 Å². The molecule has 0 bridgehead atoms. The van der Waals surface area contributed by atoms with E-state index in [0.29, 0.717) is 11.4 Å². The van der Waals surface area contributed by atoms with Gasteiger partial charge < -0.3 is 0 Å². The van der Waals surface area contributed by atoms with Gasteiger partial charge in [0.05, 0.1) is 11.4 Å². The van der Waals surface area contributed by atoms with Crippen LogP contribution in [0.15, 0.2) is 45.4 Å². The topological polar surface area (TPSA) is 115 Å². The second kappa shape index (κ2) is 6.44. The number of rotatable bonds is 3. The quantitative estimate of drug-likeness (QED) is 0.702. The SMILES string of the molecule is Cn1[nH]c(C(C)(C)C)c(N=Nc2n[nH]c(-c3ccccc3)c2C#N)c1=O. The third-order valence-corrected chi connectivity index (χ3v) is 3.94. The molecule has 3 aromatic rings. The van der Waals surface area contributed by atoms with Crippen LogP contribution in [-0.4, -0.2) is 20.0 Å². The number of nitriles is 1. The van der Waals surface area contributed by atoms with Crippen LogP contribution >= 0.6 is 0 Å². The van der Waals surface area contributed by atoms with Gasteiger partial charge in [-0.1, -0.05) is 51.1 Å². The second-order valence-electron chi connectivity index (χ2n) is 6.92. The predicted octanol–water partition coefficient (Wildman–Crippen LogP) is 3.69. The Morgan fingerprint density at radius 2 is 1.88 bits per heavy atom. The van der Waals surface area contributed by atoms with E-state index in [1.165, 1.54) is 4.68 Å². The highest BCUT2D eigenvalue weighted by molar-refractivity contribution is 5.71. The van der Waals surface area contributed by atoms with Crippen molar-refractivity contribution >= 4 is 11.5 Å². The first-order valence-electron chi connectivity index (χ1n) is 8.08. The van der Waals surface area contributed by atoms with Gasteiger partial charge in [0.1, 0.15) is 11.6 Å². The fourth-order valence-electron chi connectivity index (χ4n) is 2.57. The number of aromatic nitrogens is 4. The zero-order chi connectivity index (χ0) is 18.9. The van der Waals surface area contributed by atoms with Gasteiger partial charge in [-0.25, -0.2) is 0 Å². The maximum atomic E-state index is 12.3. The predicted molar refractivity (Wildman–Crippen MR) is 97.6 cm³/mol. The van der Waals surface area contributed by atoms with Crippen molar-refractivity contribution in [3.8, 4) is 17.3 Å². The van der Waals surface area contributed by atoms with Crippen LogP contribution in [0.4, 0.5) is 11.5 Å². The van der Waals surface area contributed by atoms with Crippen LogP contribution in [0.2, 0.25) is 0 Å². The average molecular weight is 349 g/mol. The largest absolute Gasteiger partial charge is 0.297 e. The lowest BCUT2D eigenvalue weighted by molar-refractivity contribution is 0.552. The van der Waals surface area contributed by atoms with E-state index >= 15 is 0 Å². The Morgan fingerprint density at radius 1 is 1.19 bits per heavy atom. The Kier molecular flexibility index (Phi) is 4.30. The molecular weight excluding hydrogens is 330 g/mol. The molecule has 0 saturated heterocycles. The standard InChI is InChI=1S/C18H19N7O/c1-18(2,3)15-14(17(26)25(4)24-15)21-23-16-12(10-19)13(20-22-16)11-8-6-5-7-9-11/h5-9,24H,1-4H3,(H,20,22). The smallest absolute Gasteiger partial charge is 0.294 e. The molecule has 3 rings (SSSR count). The number of nitrogens with one attached hydrogen (secondary N) is 2. The van der Waals surface area contributed by atoms with E-state index in [0.717, 1.165) is 5.56 Å². The highest BCUT2D eigenvalue weighted by atomic mass is 16.1. The maximum Gasteiger partial charge on any atom is 0.294 e. The summed E-state index contributed by atoms with van der Waals surface area (Å²) in [4.78, 5) is 12.3. The number of nitrogens with zero attached hydrogens (tertiary/aromatic N) is 5. The van der Waals surface area contributed by atoms with Crippen LogP contribution in [0, 0.1) is 11.3 Å². The lowest BCUT2D eigenvalue weighted by Gasteiger charge is -2.16. The maximum absolute atomic E-state index is 12.3. The van der Waals surface area contributed by atoms with Crippen molar-refractivity contribution in [2.75, 3.05) is 0 Å². The minimum absolute atomic E-state index is 0.148. The molecule has 0 saturated carbocycles. The Balaban J connectivity index is 2.05. The number of aryl methyl sites for hydroxylation is 1. The number of hydrogen-bond donors (Lipinski definition) is 2. The van der Waals surface area contributed by atoms with Crippen molar-refractivity contribution in [2.45, 2.75) is 26.2 Å². The van der Waals surface area contributed by atoms with Crippen LogP contribution in [-0.2, 0) is 12.5 Å². The van der Waals surface area contributed by atoms with Crippen molar-refractivity contribution in [1.82, 2.24) is 20.0 Å². The number of benzene rings is 1. The second-order valence-corrected chi connectivity index (χ2v) is 6.92. The number of azo groups is 1. The van der Waals surface area contributed by atoms with E-state index in [2.05, 4.69) is 31.6 Å². The molecular formula is C18H19N7O. The van der Waals surface area contributed by atoms with Crippen molar-refractivity contribution in [1.29, 1.82) is 5.26 Å². The summed E-state index contributed by atoms with van der Waals surface area (Å²) in [5.74, 6) is 0.148. The third-order valence-electron chi connectivity index (χ3n) is 3.94. The molecule has 2 heterocycles. The molecule has 132 valence electrons. The van der Waals surface area contributed by atoms with Crippen LogP contribution in [0.5, 0.6) is 0 Å². The van der Waals surface area contributed by atoms with Gasteiger partial charge >= 0.3 is 0 Å². The molecule has 1 aromatic carbocycles. The minimum atomic E-state index is -0.312. The molecule has 0 atom stereocenters. The lowest BCUT2D eigenvalue weighted by atomic mass is 9.91. The summed E-state index contributed by atoms with van der Waals surface area (Å²) in [6, 6.07) is 11.5. The van der Waals surface area contributed by atoms with Crippen LogP contribution in [0.25, 0.3) is 11.3 Å². The van der Waals surface area contributed by atoms with E-state index < -0.39 is 0 Å². The van der Waals surface area contributed by atoms with Crippen LogP contribution in [0.3, 0.4) is 0 Å². The monoisotopic (exact) mass is 349 g/mol. The van der Waals surface area contributed by atoms with E-state index in [1.807, 2.05) is 51.1 Å². The molecule has 0 fully saturated rings. The van der Waals surface area contributed by atoms with Gasteiger partial charge in [-0.15, -0.1) is 10.2 Å². The van der Waals surface area contributed by atoms with Crippen molar-refractivity contribution in [3.05, 3.63) is 51.9 Å². The average Bonchev–Trinajstić information content (AvgIpc) is 3.15. The lowest BCUT2D eigenvalue weighted by Crippen LogP contribution is -2.12. The Bertz CT molecular complexity index is 1060. The Morgan fingerprint density at radius 3 is 2.50 bits per heavy atom. The van der Waals surface area contributed by atoms with Crippen molar-refractivity contribution < 1.29 is 0 Å². The number of H-pyrrole nitrogens is 2. The fourth-order valence-corrected chi connectivity index (χ4v) is 2.57. The van der Waals surface area contributed by atoms with Crippen LogP contribution < -0.4 is 5.56 Å². The number of hydrogen-bond acceptors (Lipinski definition) is 5. The fraction of sp³-hybridized carbons (Fsp3) is 0.278. The summed E-state index contributed by atoms with van der Waals surface area (Å²) >= 11 is 0. The summed E-state index contributed by atoms with van der Waals surface area (Å²) in [6.07, 6.45) is 0. The molecule has 0 unspecified atom stereocenters. The van der Waals surface area contributed by atoms with E-state index in [9.17, 15) is 10.1 Å². The molecule has 8 heteroatoms. The highest BCUT2D eigenvalue weighted by Gasteiger charge is 2.24. The molecule has 0 aliphatic rings. The van der Waals surface area contributed by atoms with Gasteiger partial charge in [0.25, 0.3) is 5.56 Å². The van der Waals surface area contributed by atoms with Crippen molar-refractivity contribution in [2.24, 2.45) is 17.3 Å². The zero-order valence-electron chi connectivity index (χ0n) is 15.0. The molecule has 0 aliphatic heterocycles. The van der Waals surface area contributed by atoms with E-state index in [-0.39, 0.29) is 28.0 Å². The number of aromatic amines is 2. The molecule has 0 amide bonds. The Labute approximate surface area is 150 Å². The minimum Gasteiger partial charge on any atom is -0.297 e. The van der Waals surface area contributed by atoms with Gasteiger partial charge in [0.2, 0.25) is 5.82 Å². The molecule has 26 heavy (non-hydrogen) atoms. The summed E-state index contributed by atoms with van der Waals surface area (Å²) in [7, 11) is 1.62. The van der Waals surface area contributed by atoms with Gasteiger partial charge in [-0.05, 0) is 0 Å². The van der Waals surface area contributed by atoms with E-state index in [4.69, 9.17) is 0 Å². The van der Waals surface area contributed by atoms with E-state index in [1.54, 1.807) is 7.05 Å².